The molecule has 0 amide bonds. The van der Waals surface area contributed by atoms with Crippen LogP contribution in [0.4, 0.5) is 0 Å². The van der Waals surface area contributed by atoms with E-state index in [1.165, 1.54) is 6.08 Å². The van der Waals surface area contributed by atoms with Crippen LogP contribution in [0.2, 0.25) is 0 Å². The Kier molecular flexibility index (Phi) is 0.619. The molecular formula is C8H8O3. The van der Waals surface area contributed by atoms with E-state index in [-0.39, 0.29) is 34.9 Å². The largest absolute Gasteiger partial charge is 0.508 e. The maximum atomic E-state index is 9.27. The van der Waals surface area contributed by atoms with E-state index < -0.39 is 0 Å². The van der Waals surface area contributed by atoms with Crippen molar-refractivity contribution in [1.82, 2.24) is 0 Å². The second kappa shape index (κ2) is 1.20. The quantitative estimate of drug-likeness (QED) is 0.473. The van der Waals surface area contributed by atoms with Crippen molar-refractivity contribution >= 4 is 0 Å². The van der Waals surface area contributed by atoms with Crippen LogP contribution < -0.4 is 0 Å². The summed E-state index contributed by atoms with van der Waals surface area (Å²) in [6.45, 7) is 0. The third kappa shape index (κ3) is 0.365. The molecule has 3 rings (SSSR count). The molecule has 3 nitrogen and oxygen atoms in total. The summed E-state index contributed by atoms with van der Waals surface area (Å²) in [5, 5.41) is 27.5. The summed E-state index contributed by atoms with van der Waals surface area (Å²) < 4.78 is 0. The molecular weight excluding hydrogens is 144 g/mol. The summed E-state index contributed by atoms with van der Waals surface area (Å²) in [4.78, 5) is 0. The minimum absolute atomic E-state index is 0.0162. The first-order valence-electron chi connectivity index (χ1n) is 3.69. The molecule has 0 radical (unpaired) electrons. The van der Waals surface area contributed by atoms with Crippen molar-refractivity contribution in [1.29, 1.82) is 0 Å². The minimum Gasteiger partial charge on any atom is -0.508 e. The normalized spacial score (nSPS) is 57.0. The summed E-state index contributed by atoms with van der Waals surface area (Å²) >= 11 is 0. The molecule has 0 unspecified atom stereocenters. The van der Waals surface area contributed by atoms with E-state index in [1.807, 2.05) is 6.08 Å². The average molecular weight is 152 g/mol. The van der Waals surface area contributed by atoms with Crippen LogP contribution >= 0.6 is 0 Å². The zero-order chi connectivity index (χ0) is 7.80. The molecule has 2 fully saturated rings. The van der Waals surface area contributed by atoms with Crippen molar-refractivity contribution in [3.8, 4) is 0 Å². The first-order valence-corrected chi connectivity index (χ1v) is 3.69. The highest BCUT2D eigenvalue weighted by molar-refractivity contribution is 5.50. The van der Waals surface area contributed by atoms with Gasteiger partial charge < -0.3 is 15.3 Å². The number of allylic oxidation sites excluding steroid dienone is 2. The minimum atomic E-state index is -0.279. The Balaban J connectivity index is 2.04. The molecule has 3 N–H and O–H groups in total. The van der Waals surface area contributed by atoms with Crippen molar-refractivity contribution in [3.63, 3.8) is 0 Å². The Bertz CT molecular complexity index is 304. The van der Waals surface area contributed by atoms with E-state index in [1.54, 1.807) is 0 Å². The average Bonchev–Trinajstić information content (AvgIpc) is 2.81. The lowest BCUT2D eigenvalue weighted by Crippen LogP contribution is -2.17. The van der Waals surface area contributed by atoms with Crippen LogP contribution in [0, 0.1) is 17.3 Å². The van der Waals surface area contributed by atoms with Crippen molar-refractivity contribution in [2.24, 2.45) is 17.3 Å². The van der Waals surface area contributed by atoms with Crippen LogP contribution in [-0.2, 0) is 0 Å². The van der Waals surface area contributed by atoms with E-state index in [9.17, 15) is 10.2 Å². The predicted octanol–water partition coefficient (Wildman–Crippen LogP) is 0.491. The van der Waals surface area contributed by atoms with Gasteiger partial charge >= 0.3 is 0 Å². The molecule has 0 aromatic carbocycles. The van der Waals surface area contributed by atoms with Gasteiger partial charge in [0.05, 0.1) is 6.10 Å². The number of aliphatic hydroxyl groups is 3. The van der Waals surface area contributed by atoms with Crippen molar-refractivity contribution < 1.29 is 15.3 Å². The van der Waals surface area contributed by atoms with Crippen molar-refractivity contribution in [2.45, 2.75) is 6.10 Å². The molecule has 0 aliphatic heterocycles. The third-order valence-corrected chi connectivity index (χ3v) is 3.20. The Labute approximate surface area is 63.3 Å². The van der Waals surface area contributed by atoms with Gasteiger partial charge in [-0.1, -0.05) is 6.08 Å². The summed E-state index contributed by atoms with van der Waals surface area (Å²) in [5.74, 6) is 0.216. The molecule has 0 aromatic heterocycles. The van der Waals surface area contributed by atoms with Crippen molar-refractivity contribution in [3.05, 3.63) is 23.7 Å². The molecule has 58 valence electrons. The number of hydrogen-bond acceptors (Lipinski definition) is 3. The third-order valence-electron chi connectivity index (χ3n) is 3.20. The molecule has 0 saturated heterocycles. The number of aliphatic hydroxyl groups excluding tert-OH is 3. The topological polar surface area (TPSA) is 60.7 Å². The first kappa shape index (κ1) is 5.66. The molecule has 1 spiro atoms. The van der Waals surface area contributed by atoms with Gasteiger partial charge in [0.1, 0.15) is 5.76 Å². The van der Waals surface area contributed by atoms with Gasteiger partial charge in [-0.2, -0.15) is 0 Å². The lowest BCUT2D eigenvalue weighted by Gasteiger charge is -2.15. The van der Waals surface area contributed by atoms with Gasteiger partial charge in [0.25, 0.3) is 0 Å². The van der Waals surface area contributed by atoms with E-state index >= 15 is 0 Å². The summed E-state index contributed by atoms with van der Waals surface area (Å²) in [6.07, 6.45) is 3.00. The Morgan fingerprint density at radius 3 is 2.73 bits per heavy atom. The summed E-state index contributed by atoms with van der Waals surface area (Å²) in [6, 6.07) is 0. The van der Waals surface area contributed by atoms with Crippen LogP contribution in [-0.4, -0.2) is 21.4 Å². The molecule has 0 aromatic rings. The van der Waals surface area contributed by atoms with E-state index in [0.29, 0.717) is 0 Å². The fourth-order valence-electron chi connectivity index (χ4n) is 2.33. The molecule has 3 aliphatic carbocycles. The van der Waals surface area contributed by atoms with Gasteiger partial charge in [-0.25, -0.2) is 0 Å². The first-order chi connectivity index (χ1) is 5.19. The van der Waals surface area contributed by atoms with Gasteiger partial charge in [-0.15, -0.1) is 0 Å². The monoisotopic (exact) mass is 152 g/mol. The fourth-order valence-corrected chi connectivity index (χ4v) is 2.33. The highest BCUT2D eigenvalue weighted by atomic mass is 16.3. The number of rotatable bonds is 0. The van der Waals surface area contributed by atoms with Crippen LogP contribution in [0.3, 0.4) is 0 Å². The van der Waals surface area contributed by atoms with E-state index in [2.05, 4.69) is 0 Å². The molecule has 3 aliphatic rings. The van der Waals surface area contributed by atoms with Crippen LogP contribution in [0.5, 0.6) is 0 Å². The number of fused-ring (bicyclic) bond motifs is 1. The second-order valence-corrected chi connectivity index (χ2v) is 3.55. The van der Waals surface area contributed by atoms with Gasteiger partial charge in [0.15, 0.2) is 5.76 Å². The van der Waals surface area contributed by atoms with Crippen LogP contribution in [0.25, 0.3) is 0 Å². The lowest BCUT2D eigenvalue weighted by molar-refractivity contribution is 0.155. The highest BCUT2D eigenvalue weighted by Crippen LogP contribution is 2.83. The Morgan fingerprint density at radius 1 is 1.36 bits per heavy atom. The smallest absolute Gasteiger partial charge is 0.153 e. The van der Waals surface area contributed by atoms with Crippen molar-refractivity contribution in [2.75, 3.05) is 0 Å². The zero-order valence-corrected chi connectivity index (χ0v) is 5.73. The second-order valence-electron chi connectivity index (χ2n) is 3.55. The predicted molar refractivity (Wildman–Crippen MR) is 36.8 cm³/mol. The lowest BCUT2D eigenvalue weighted by atomic mass is 9.96. The Morgan fingerprint density at radius 2 is 2.09 bits per heavy atom. The van der Waals surface area contributed by atoms with Crippen LogP contribution in [0.1, 0.15) is 0 Å². The molecule has 2 saturated carbocycles. The zero-order valence-electron chi connectivity index (χ0n) is 5.73. The van der Waals surface area contributed by atoms with Gasteiger partial charge in [-0.05, 0) is 6.08 Å². The molecule has 3 heteroatoms. The van der Waals surface area contributed by atoms with Gasteiger partial charge in [0, 0.05) is 17.3 Å². The maximum Gasteiger partial charge on any atom is 0.153 e. The molecule has 0 bridgehead atoms. The highest BCUT2D eigenvalue weighted by Gasteiger charge is 2.87. The SMILES string of the molecule is OC1=C(O)[C@H]2[C@@H]3[C@H](O)[C@@]32C=C1. The number of hydrogen-bond donors (Lipinski definition) is 3. The van der Waals surface area contributed by atoms with Crippen LogP contribution in [0.15, 0.2) is 23.7 Å². The fraction of sp³-hybridized carbons (Fsp3) is 0.500. The van der Waals surface area contributed by atoms with Gasteiger partial charge in [-0.3, -0.25) is 0 Å². The summed E-state index contributed by atoms with van der Waals surface area (Å²) in [5.41, 5.74) is -0.170. The van der Waals surface area contributed by atoms with Gasteiger partial charge in [0.2, 0.25) is 0 Å². The van der Waals surface area contributed by atoms with E-state index in [4.69, 9.17) is 5.11 Å². The molecule has 11 heavy (non-hydrogen) atoms. The molecule has 4 atom stereocenters. The molecule has 0 heterocycles. The van der Waals surface area contributed by atoms with E-state index in [0.717, 1.165) is 0 Å². The maximum absolute atomic E-state index is 9.27. The standard InChI is InChI=1S/C8H8O3/c9-3-1-2-8-4(6(3)10)5(8)7(8)11/h1-2,4-5,7,9-11H/t4-,5-,7+,8-/m1/s1. The Hall–Kier alpha value is -0.960. The summed E-state index contributed by atoms with van der Waals surface area (Å²) in [7, 11) is 0.